The van der Waals surface area contributed by atoms with Crippen LogP contribution in [0, 0.1) is 6.92 Å². The predicted molar refractivity (Wildman–Crippen MR) is 82.9 cm³/mol. The first-order chi connectivity index (χ1) is 9.11. The summed E-state index contributed by atoms with van der Waals surface area (Å²) in [6.45, 7) is 8.95. The lowest BCUT2D eigenvalue weighted by atomic mass is 10.1. The van der Waals surface area contributed by atoms with Crippen molar-refractivity contribution in [2.45, 2.75) is 32.9 Å². The lowest BCUT2D eigenvalue weighted by molar-refractivity contribution is 0.337. The van der Waals surface area contributed by atoms with E-state index in [0.29, 0.717) is 6.04 Å². The molecular weight excluding hydrogens is 234 g/mol. The number of nitrogens with zero attached hydrogens (tertiary/aromatic N) is 2. The molecule has 0 amide bonds. The topological polar surface area (TPSA) is 18.5 Å². The van der Waals surface area contributed by atoms with Crippen molar-refractivity contribution >= 4 is 5.69 Å². The molecule has 1 fully saturated rings. The van der Waals surface area contributed by atoms with Gasteiger partial charge < -0.3 is 15.1 Å². The summed E-state index contributed by atoms with van der Waals surface area (Å²) in [4.78, 5) is 5.02. The van der Waals surface area contributed by atoms with Crippen LogP contribution < -0.4 is 10.2 Å². The van der Waals surface area contributed by atoms with E-state index in [4.69, 9.17) is 0 Å². The number of nitrogens with one attached hydrogen (secondary N) is 1. The molecule has 1 aliphatic heterocycles. The molecule has 0 aromatic heterocycles. The second-order valence-corrected chi connectivity index (χ2v) is 5.82. The van der Waals surface area contributed by atoms with Gasteiger partial charge in [-0.05, 0) is 52.5 Å². The van der Waals surface area contributed by atoms with Crippen molar-refractivity contribution in [1.82, 2.24) is 10.2 Å². The van der Waals surface area contributed by atoms with Gasteiger partial charge in [-0.25, -0.2) is 0 Å². The molecule has 106 valence electrons. The first-order valence-electron chi connectivity index (χ1n) is 7.31. The van der Waals surface area contributed by atoms with Crippen LogP contribution in [0.2, 0.25) is 0 Å². The van der Waals surface area contributed by atoms with Gasteiger partial charge in [-0.2, -0.15) is 0 Å². The molecule has 1 aromatic rings. The smallest absolute Gasteiger partial charge is 0.0414 e. The van der Waals surface area contributed by atoms with Crippen molar-refractivity contribution in [2.75, 3.05) is 38.6 Å². The second kappa shape index (κ2) is 6.40. The lowest BCUT2D eigenvalue weighted by Gasteiger charge is -2.32. The average molecular weight is 261 g/mol. The van der Waals surface area contributed by atoms with Crippen LogP contribution >= 0.6 is 0 Å². The maximum absolute atomic E-state index is 3.29. The molecule has 0 radical (unpaired) electrons. The van der Waals surface area contributed by atoms with Gasteiger partial charge in [-0.1, -0.05) is 17.7 Å². The molecule has 1 unspecified atom stereocenters. The van der Waals surface area contributed by atoms with E-state index < -0.39 is 0 Å². The van der Waals surface area contributed by atoms with E-state index in [0.717, 1.165) is 19.6 Å². The highest BCUT2D eigenvalue weighted by atomic mass is 15.2. The van der Waals surface area contributed by atoms with E-state index in [1.807, 2.05) is 7.05 Å². The third-order valence-corrected chi connectivity index (χ3v) is 3.96. The number of hydrogen-bond acceptors (Lipinski definition) is 3. The number of aryl methyl sites for hydroxylation is 1. The predicted octanol–water partition coefficient (Wildman–Crippen LogP) is 2.24. The van der Waals surface area contributed by atoms with Gasteiger partial charge in [0.2, 0.25) is 0 Å². The third-order valence-electron chi connectivity index (χ3n) is 3.96. The van der Waals surface area contributed by atoms with Gasteiger partial charge in [0.05, 0.1) is 0 Å². The summed E-state index contributed by atoms with van der Waals surface area (Å²) in [6, 6.07) is 7.41. The number of rotatable bonds is 3. The van der Waals surface area contributed by atoms with Crippen molar-refractivity contribution < 1.29 is 0 Å². The maximum atomic E-state index is 3.29. The van der Waals surface area contributed by atoms with Crippen molar-refractivity contribution in [1.29, 1.82) is 0 Å². The highest BCUT2D eigenvalue weighted by molar-refractivity contribution is 5.56. The van der Waals surface area contributed by atoms with E-state index in [1.165, 1.54) is 29.8 Å². The van der Waals surface area contributed by atoms with E-state index in [2.05, 4.69) is 54.2 Å². The fourth-order valence-electron chi connectivity index (χ4n) is 3.06. The molecule has 1 saturated heterocycles. The van der Waals surface area contributed by atoms with Crippen molar-refractivity contribution in [3.8, 4) is 0 Å². The first-order valence-corrected chi connectivity index (χ1v) is 7.31. The molecule has 1 aromatic carbocycles. The molecule has 1 heterocycles. The second-order valence-electron chi connectivity index (χ2n) is 5.82. The number of hydrogen-bond donors (Lipinski definition) is 1. The van der Waals surface area contributed by atoms with Crippen LogP contribution in [0.15, 0.2) is 18.2 Å². The molecule has 0 aliphatic carbocycles. The van der Waals surface area contributed by atoms with Crippen LogP contribution in [0.4, 0.5) is 5.69 Å². The van der Waals surface area contributed by atoms with E-state index >= 15 is 0 Å². The molecule has 0 bridgehead atoms. The Labute approximate surface area is 117 Å². The summed E-state index contributed by atoms with van der Waals surface area (Å²) in [5.41, 5.74) is 4.16. The fraction of sp³-hybridized carbons (Fsp3) is 0.625. The molecule has 3 nitrogen and oxygen atoms in total. The highest BCUT2D eigenvalue weighted by Gasteiger charge is 2.21. The fourth-order valence-corrected chi connectivity index (χ4v) is 3.06. The van der Waals surface area contributed by atoms with Gasteiger partial charge >= 0.3 is 0 Å². The normalized spacial score (nSPS) is 21.5. The summed E-state index contributed by atoms with van der Waals surface area (Å²) in [5, 5.41) is 3.29. The van der Waals surface area contributed by atoms with Crippen molar-refractivity contribution in [2.24, 2.45) is 0 Å². The summed E-state index contributed by atoms with van der Waals surface area (Å²) in [7, 11) is 4.25. The first kappa shape index (κ1) is 14.4. The minimum atomic E-state index is 0.575. The molecule has 1 aliphatic rings. The molecule has 1 N–H and O–H groups in total. The quantitative estimate of drug-likeness (QED) is 0.900. The Morgan fingerprint density at radius 3 is 2.84 bits per heavy atom. The largest absolute Gasteiger partial charge is 0.367 e. The Kier molecular flexibility index (Phi) is 4.83. The Morgan fingerprint density at radius 2 is 2.11 bits per heavy atom. The van der Waals surface area contributed by atoms with Gasteiger partial charge in [-0.3, -0.25) is 0 Å². The minimum absolute atomic E-state index is 0.575. The average Bonchev–Trinajstić information content (AvgIpc) is 2.51. The van der Waals surface area contributed by atoms with Crippen molar-refractivity contribution in [3.63, 3.8) is 0 Å². The molecule has 0 spiro atoms. The van der Waals surface area contributed by atoms with Gasteiger partial charge in [-0.15, -0.1) is 0 Å². The zero-order chi connectivity index (χ0) is 13.8. The van der Waals surface area contributed by atoms with Crippen LogP contribution in [-0.4, -0.2) is 44.7 Å². The zero-order valence-corrected chi connectivity index (χ0v) is 12.7. The Hall–Kier alpha value is -1.06. The molecule has 1 atom stereocenters. The van der Waals surface area contributed by atoms with Gasteiger partial charge in [0.25, 0.3) is 0 Å². The van der Waals surface area contributed by atoms with Gasteiger partial charge in [0.15, 0.2) is 0 Å². The minimum Gasteiger partial charge on any atom is -0.367 e. The summed E-state index contributed by atoms with van der Waals surface area (Å²) < 4.78 is 0. The summed E-state index contributed by atoms with van der Waals surface area (Å²) >= 11 is 0. The molecule has 0 saturated carbocycles. The lowest BCUT2D eigenvalue weighted by Crippen LogP contribution is -2.38. The standard InChI is InChI=1S/C16H27N3/c1-13-6-7-16(15(10-13)11-17-3)19-9-5-8-18(4)12-14(19)2/h6-7,10,14,17H,5,8-9,11-12H2,1-4H3. The third kappa shape index (κ3) is 3.48. The number of benzene rings is 1. The van der Waals surface area contributed by atoms with Crippen LogP contribution in [0.1, 0.15) is 24.5 Å². The Morgan fingerprint density at radius 1 is 1.32 bits per heavy atom. The zero-order valence-electron chi connectivity index (χ0n) is 12.7. The highest BCUT2D eigenvalue weighted by Crippen LogP contribution is 2.25. The monoisotopic (exact) mass is 261 g/mol. The van der Waals surface area contributed by atoms with Gasteiger partial charge in [0, 0.05) is 31.4 Å². The van der Waals surface area contributed by atoms with Gasteiger partial charge in [0.1, 0.15) is 0 Å². The Bertz CT molecular complexity index is 416. The van der Waals surface area contributed by atoms with E-state index in [1.54, 1.807) is 0 Å². The number of anilines is 1. The maximum Gasteiger partial charge on any atom is 0.0414 e. The van der Waals surface area contributed by atoms with E-state index in [9.17, 15) is 0 Å². The molecular formula is C16H27N3. The van der Waals surface area contributed by atoms with Crippen LogP contribution in [0.3, 0.4) is 0 Å². The Balaban J connectivity index is 2.28. The van der Waals surface area contributed by atoms with Crippen LogP contribution in [0.5, 0.6) is 0 Å². The van der Waals surface area contributed by atoms with Crippen molar-refractivity contribution in [3.05, 3.63) is 29.3 Å². The van der Waals surface area contributed by atoms with Crippen LogP contribution in [-0.2, 0) is 6.54 Å². The summed E-state index contributed by atoms with van der Waals surface area (Å²) in [6.07, 6.45) is 1.24. The van der Waals surface area contributed by atoms with E-state index in [-0.39, 0.29) is 0 Å². The molecule has 19 heavy (non-hydrogen) atoms. The molecule has 3 heteroatoms. The molecule has 2 rings (SSSR count). The summed E-state index contributed by atoms with van der Waals surface area (Å²) in [5.74, 6) is 0. The SMILES string of the molecule is CNCc1cc(C)ccc1N1CCCN(C)CC1C. The number of likely N-dealkylation sites (N-methyl/N-ethyl adjacent to an activating group) is 1. The van der Waals surface area contributed by atoms with Crippen LogP contribution in [0.25, 0.3) is 0 Å².